The molecule has 3 heterocycles. The first-order valence-electron chi connectivity index (χ1n) is 9.28. The van der Waals surface area contributed by atoms with Gasteiger partial charge in [-0.25, -0.2) is 9.37 Å². The summed E-state index contributed by atoms with van der Waals surface area (Å²) in [5, 5.41) is 13.7. The van der Waals surface area contributed by atoms with E-state index in [-0.39, 0.29) is 17.3 Å². The molecule has 0 radical (unpaired) electrons. The van der Waals surface area contributed by atoms with Crippen LogP contribution in [0.1, 0.15) is 48.1 Å². The van der Waals surface area contributed by atoms with Gasteiger partial charge in [-0.05, 0) is 17.7 Å². The number of benzene rings is 1. The number of ether oxygens (including phenoxy) is 1. The van der Waals surface area contributed by atoms with Gasteiger partial charge in [0.15, 0.2) is 0 Å². The van der Waals surface area contributed by atoms with Crippen molar-refractivity contribution in [1.82, 2.24) is 15.2 Å². The molecule has 0 N–H and O–H groups in total. The maximum atomic E-state index is 13.1. The maximum Gasteiger partial charge on any atom is 0.208 e. The summed E-state index contributed by atoms with van der Waals surface area (Å²) >= 11 is 3.24. The Morgan fingerprint density at radius 3 is 2.71 bits per heavy atom. The molecular formula is C20H23FN4OS2. The summed E-state index contributed by atoms with van der Waals surface area (Å²) in [6.45, 7) is 8.67. The molecule has 1 saturated heterocycles. The van der Waals surface area contributed by atoms with Crippen molar-refractivity contribution in [1.29, 1.82) is 0 Å². The highest BCUT2D eigenvalue weighted by atomic mass is 32.1. The Morgan fingerprint density at radius 1 is 1.21 bits per heavy atom. The summed E-state index contributed by atoms with van der Waals surface area (Å²) in [4.78, 5) is 7.03. The second-order valence-electron chi connectivity index (χ2n) is 7.91. The van der Waals surface area contributed by atoms with E-state index in [2.05, 4.69) is 41.2 Å². The number of anilines is 1. The molecule has 148 valence electrons. The van der Waals surface area contributed by atoms with Gasteiger partial charge in [-0.15, -0.1) is 21.5 Å². The van der Waals surface area contributed by atoms with E-state index in [0.717, 1.165) is 39.5 Å². The summed E-state index contributed by atoms with van der Waals surface area (Å²) < 4.78 is 19.1. The van der Waals surface area contributed by atoms with Gasteiger partial charge in [0, 0.05) is 23.8 Å². The fourth-order valence-electron chi connectivity index (χ4n) is 2.97. The van der Waals surface area contributed by atoms with E-state index in [9.17, 15) is 4.39 Å². The molecule has 1 unspecified atom stereocenters. The van der Waals surface area contributed by atoms with Crippen LogP contribution in [0.3, 0.4) is 0 Å². The molecule has 28 heavy (non-hydrogen) atoms. The number of aromatic nitrogens is 3. The Hall–Kier alpha value is -1.90. The molecule has 0 amide bonds. The quantitative estimate of drug-likeness (QED) is 0.620. The molecule has 8 heteroatoms. The van der Waals surface area contributed by atoms with Crippen molar-refractivity contribution in [2.45, 2.75) is 38.7 Å². The predicted molar refractivity (Wildman–Crippen MR) is 111 cm³/mol. The number of morpholine rings is 1. The van der Waals surface area contributed by atoms with Gasteiger partial charge in [-0.2, -0.15) is 0 Å². The van der Waals surface area contributed by atoms with Crippen LogP contribution in [-0.4, -0.2) is 34.9 Å². The Kier molecular flexibility index (Phi) is 5.44. The monoisotopic (exact) mass is 418 g/mol. The van der Waals surface area contributed by atoms with Crippen molar-refractivity contribution in [3.05, 3.63) is 56.7 Å². The van der Waals surface area contributed by atoms with Gasteiger partial charge < -0.3 is 9.64 Å². The van der Waals surface area contributed by atoms with Gasteiger partial charge >= 0.3 is 0 Å². The minimum atomic E-state index is -0.224. The van der Waals surface area contributed by atoms with E-state index in [1.165, 1.54) is 12.1 Å². The fraction of sp³-hybridized carbons (Fsp3) is 0.450. The molecule has 1 atom stereocenters. The average molecular weight is 419 g/mol. The summed E-state index contributed by atoms with van der Waals surface area (Å²) in [6, 6.07) is 6.53. The summed E-state index contributed by atoms with van der Waals surface area (Å²) in [5.41, 5.74) is 2.17. The maximum absolute atomic E-state index is 13.1. The fourth-order valence-corrected chi connectivity index (χ4v) is 4.97. The van der Waals surface area contributed by atoms with Crippen LogP contribution in [-0.2, 0) is 16.6 Å². The van der Waals surface area contributed by atoms with E-state index >= 15 is 0 Å². The van der Waals surface area contributed by atoms with Crippen molar-refractivity contribution in [3.63, 3.8) is 0 Å². The molecule has 2 aromatic heterocycles. The van der Waals surface area contributed by atoms with E-state index in [4.69, 9.17) is 9.72 Å². The summed E-state index contributed by atoms with van der Waals surface area (Å²) in [6.07, 6.45) is 0.618. The zero-order valence-corrected chi connectivity index (χ0v) is 17.8. The topological polar surface area (TPSA) is 51.1 Å². The van der Waals surface area contributed by atoms with Crippen LogP contribution in [0.2, 0.25) is 0 Å². The Balaban J connectivity index is 1.44. The second-order valence-corrected chi connectivity index (χ2v) is 9.84. The van der Waals surface area contributed by atoms with Crippen LogP contribution in [0.25, 0.3) is 0 Å². The van der Waals surface area contributed by atoms with E-state index in [1.807, 2.05) is 0 Å². The van der Waals surface area contributed by atoms with Crippen LogP contribution in [0.4, 0.5) is 9.52 Å². The molecular weight excluding hydrogens is 395 g/mol. The molecule has 4 rings (SSSR count). The Bertz CT molecular complexity index is 932. The Labute approximate surface area is 172 Å². The van der Waals surface area contributed by atoms with Gasteiger partial charge in [0.2, 0.25) is 5.13 Å². The number of nitrogens with zero attached hydrogens (tertiary/aromatic N) is 4. The van der Waals surface area contributed by atoms with Crippen LogP contribution >= 0.6 is 22.7 Å². The summed E-state index contributed by atoms with van der Waals surface area (Å²) in [7, 11) is 0. The smallest absolute Gasteiger partial charge is 0.208 e. The predicted octanol–water partition coefficient (Wildman–Crippen LogP) is 4.60. The number of thiazole rings is 1. The standard InChI is InChI=1S/C20H23FN4OS2/c1-20(2,3)16-12-27-18(22-16)15-11-25(8-9-26-15)19-24-23-17(28-19)10-13-4-6-14(21)7-5-13/h4-7,12,15H,8-11H2,1-3H3. The van der Waals surface area contributed by atoms with E-state index in [0.29, 0.717) is 13.0 Å². The summed E-state index contributed by atoms with van der Waals surface area (Å²) in [5.74, 6) is -0.224. The van der Waals surface area contributed by atoms with E-state index in [1.54, 1.807) is 34.8 Å². The van der Waals surface area contributed by atoms with Gasteiger partial charge in [-0.3, -0.25) is 0 Å². The van der Waals surface area contributed by atoms with Gasteiger partial charge in [0.05, 0.1) is 18.8 Å². The van der Waals surface area contributed by atoms with Crippen LogP contribution < -0.4 is 4.90 Å². The van der Waals surface area contributed by atoms with Crippen molar-refractivity contribution in [3.8, 4) is 0 Å². The normalized spacial score (nSPS) is 17.9. The minimum absolute atomic E-state index is 0.0393. The third kappa shape index (κ3) is 4.39. The molecule has 0 aliphatic carbocycles. The van der Waals surface area contributed by atoms with Crippen LogP contribution in [0.15, 0.2) is 29.6 Å². The minimum Gasteiger partial charge on any atom is -0.367 e. The molecule has 5 nitrogen and oxygen atoms in total. The molecule has 1 fully saturated rings. The first kappa shape index (κ1) is 19.4. The van der Waals surface area contributed by atoms with Crippen molar-refractivity contribution >= 4 is 27.8 Å². The lowest BCUT2D eigenvalue weighted by atomic mass is 9.93. The average Bonchev–Trinajstić information content (AvgIpc) is 3.33. The molecule has 1 aliphatic heterocycles. The third-order valence-electron chi connectivity index (χ3n) is 4.63. The zero-order valence-electron chi connectivity index (χ0n) is 16.2. The lowest BCUT2D eigenvalue weighted by Gasteiger charge is -2.31. The molecule has 1 aliphatic rings. The molecule has 0 bridgehead atoms. The third-order valence-corrected chi connectivity index (χ3v) is 6.55. The largest absolute Gasteiger partial charge is 0.367 e. The number of hydrogen-bond acceptors (Lipinski definition) is 7. The lowest BCUT2D eigenvalue weighted by molar-refractivity contribution is 0.0394. The molecule has 0 saturated carbocycles. The second kappa shape index (κ2) is 7.85. The molecule has 1 aromatic carbocycles. The van der Waals surface area contributed by atoms with Gasteiger partial charge in [-0.1, -0.05) is 44.2 Å². The van der Waals surface area contributed by atoms with Gasteiger partial charge in [0.1, 0.15) is 21.9 Å². The molecule has 3 aromatic rings. The molecule has 0 spiro atoms. The van der Waals surface area contributed by atoms with Crippen LogP contribution in [0.5, 0.6) is 0 Å². The highest BCUT2D eigenvalue weighted by Crippen LogP contribution is 2.32. The van der Waals surface area contributed by atoms with Crippen molar-refractivity contribution in [2.24, 2.45) is 0 Å². The highest BCUT2D eigenvalue weighted by Gasteiger charge is 2.28. The zero-order chi connectivity index (χ0) is 19.7. The van der Waals surface area contributed by atoms with Crippen molar-refractivity contribution in [2.75, 3.05) is 24.6 Å². The lowest BCUT2D eigenvalue weighted by Crippen LogP contribution is -2.38. The highest BCUT2D eigenvalue weighted by molar-refractivity contribution is 7.15. The SMILES string of the molecule is CC(C)(C)c1csc(C2CN(c3nnc(Cc4ccc(F)cc4)s3)CCO2)n1. The Morgan fingerprint density at radius 2 is 2.00 bits per heavy atom. The number of halogens is 1. The number of hydrogen-bond donors (Lipinski definition) is 0. The van der Waals surface area contributed by atoms with Crippen LogP contribution in [0, 0.1) is 5.82 Å². The number of rotatable bonds is 4. The van der Waals surface area contributed by atoms with Gasteiger partial charge in [0.25, 0.3) is 0 Å². The van der Waals surface area contributed by atoms with E-state index < -0.39 is 0 Å². The first-order valence-corrected chi connectivity index (χ1v) is 11.0. The van der Waals surface area contributed by atoms with Crippen molar-refractivity contribution < 1.29 is 9.13 Å². The first-order chi connectivity index (χ1) is 13.4.